The minimum Gasteiger partial charge on any atom is -0.477 e. The first-order valence-electron chi connectivity index (χ1n) is 3.81. The number of benzene rings is 1. The fourth-order valence-corrected chi connectivity index (χ4v) is 0.800. The maximum atomic E-state index is 11.2. The number of carbonyl (C=O) groups excluding carboxylic acids is 1. The Morgan fingerprint density at radius 3 is 2.50 bits per heavy atom. The van der Waals surface area contributed by atoms with E-state index in [1.54, 1.807) is 30.3 Å². The summed E-state index contributed by atoms with van der Waals surface area (Å²) in [5.41, 5.74) is 2.51. The molecule has 0 saturated carbocycles. The van der Waals surface area contributed by atoms with Gasteiger partial charge >= 0.3 is 5.97 Å². The third-order valence-corrected chi connectivity index (χ3v) is 1.38. The van der Waals surface area contributed by atoms with E-state index in [2.05, 4.69) is 10.5 Å². The van der Waals surface area contributed by atoms with Gasteiger partial charge in [0.25, 0.3) is 5.91 Å². The Morgan fingerprint density at radius 1 is 1.29 bits per heavy atom. The third-order valence-electron chi connectivity index (χ3n) is 1.38. The molecule has 5 nitrogen and oxygen atoms in total. The van der Waals surface area contributed by atoms with Crippen LogP contribution in [0.2, 0.25) is 0 Å². The van der Waals surface area contributed by atoms with Crippen LogP contribution in [0.25, 0.3) is 0 Å². The van der Waals surface area contributed by atoms with E-state index >= 15 is 0 Å². The molecular weight excluding hydrogens is 184 g/mol. The second kappa shape index (κ2) is 4.76. The summed E-state index contributed by atoms with van der Waals surface area (Å²) in [6, 6.07) is 8.39. The molecule has 5 heteroatoms. The van der Waals surface area contributed by atoms with Crippen molar-refractivity contribution in [1.29, 1.82) is 0 Å². The van der Waals surface area contributed by atoms with Crippen molar-refractivity contribution in [2.75, 3.05) is 0 Å². The van der Waals surface area contributed by atoms with Crippen molar-refractivity contribution in [2.24, 2.45) is 5.10 Å². The summed E-state index contributed by atoms with van der Waals surface area (Å²) in [5.74, 6) is -1.65. The van der Waals surface area contributed by atoms with Crippen LogP contribution in [-0.2, 0) is 4.79 Å². The van der Waals surface area contributed by atoms with Crippen LogP contribution in [0.5, 0.6) is 0 Å². The minimum atomic E-state index is -1.21. The topological polar surface area (TPSA) is 78.8 Å². The molecular formula is C9H8N2O3. The van der Waals surface area contributed by atoms with E-state index in [0.29, 0.717) is 11.8 Å². The van der Waals surface area contributed by atoms with E-state index in [1.807, 2.05) is 0 Å². The van der Waals surface area contributed by atoms with E-state index in [9.17, 15) is 9.59 Å². The number of carbonyl (C=O) groups is 2. The van der Waals surface area contributed by atoms with Crippen LogP contribution < -0.4 is 5.43 Å². The van der Waals surface area contributed by atoms with Crippen molar-refractivity contribution in [3.8, 4) is 0 Å². The van der Waals surface area contributed by atoms with Gasteiger partial charge in [-0.3, -0.25) is 4.79 Å². The average molecular weight is 192 g/mol. The molecule has 1 aromatic carbocycles. The third kappa shape index (κ3) is 3.06. The minimum absolute atomic E-state index is 0.426. The van der Waals surface area contributed by atoms with Crippen LogP contribution in [0.15, 0.2) is 35.4 Å². The van der Waals surface area contributed by atoms with E-state index in [-0.39, 0.29) is 0 Å². The van der Waals surface area contributed by atoms with Crippen molar-refractivity contribution in [3.05, 3.63) is 35.9 Å². The second-order valence-electron chi connectivity index (χ2n) is 2.40. The molecule has 2 N–H and O–H groups in total. The van der Waals surface area contributed by atoms with Crippen molar-refractivity contribution < 1.29 is 14.7 Å². The van der Waals surface area contributed by atoms with E-state index in [1.165, 1.54) is 0 Å². The predicted molar refractivity (Wildman–Crippen MR) is 50.0 cm³/mol. The number of nitrogens with one attached hydrogen (secondary N) is 1. The molecule has 0 spiro atoms. The van der Waals surface area contributed by atoms with Gasteiger partial charge < -0.3 is 5.11 Å². The van der Waals surface area contributed by atoms with Crippen molar-refractivity contribution in [1.82, 2.24) is 5.43 Å². The van der Waals surface area contributed by atoms with Crippen LogP contribution in [0.3, 0.4) is 0 Å². The molecule has 72 valence electrons. The molecule has 0 bridgehead atoms. The summed E-state index contributed by atoms with van der Waals surface area (Å²) in [7, 11) is 0. The number of aliphatic carboxylic acids is 1. The Labute approximate surface area is 80.1 Å². The summed E-state index contributed by atoms with van der Waals surface area (Å²) in [6.07, 6.45) is 0.612. The van der Waals surface area contributed by atoms with Gasteiger partial charge in [-0.2, -0.15) is 5.10 Å². The summed E-state index contributed by atoms with van der Waals surface area (Å²) in [6.45, 7) is 0. The molecule has 1 aromatic rings. The highest BCUT2D eigenvalue weighted by Gasteiger charge is 2.01. The molecule has 0 fully saturated rings. The van der Waals surface area contributed by atoms with Gasteiger partial charge in [0.05, 0.1) is 0 Å². The Balaban J connectivity index is 2.56. The van der Waals surface area contributed by atoms with E-state index < -0.39 is 11.9 Å². The van der Waals surface area contributed by atoms with Gasteiger partial charge in [-0.15, -0.1) is 0 Å². The molecule has 1 amide bonds. The molecule has 0 atom stereocenters. The highest BCUT2D eigenvalue weighted by Crippen LogP contribution is 1.96. The van der Waals surface area contributed by atoms with Gasteiger partial charge in [0.1, 0.15) is 6.21 Å². The first-order chi connectivity index (χ1) is 6.70. The maximum Gasteiger partial charge on any atom is 0.348 e. The van der Waals surface area contributed by atoms with Crippen LogP contribution in [0.4, 0.5) is 0 Å². The monoisotopic (exact) mass is 192 g/mol. The highest BCUT2D eigenvalue weighted by atomic mass is 16.4. The lowest BCUT2D eigenvalue weighted by atomic mass is 10.2. The zero-order valence-corrected chi connectivity index (χ0v) is 7.18. The maximum absolute atomic E-state index is 11.2. The van der Waals surface area contributed by atoms with Crippen LogP contribution in [-0.4, -0.2) is 23.2 Å². The van der Waals surface area contributed by atoms with Crippen LogP contribution >= 0.6 is 0 Å². The van der Waals surface area contributed by atoms with Crippen LogP contribution in [0, 0.1) is 0 Å². The van der Waals surface area contributed by atoms with Gasteiger partial charge in [-0.1, -0.05) is 18.2 Å². The molecule has 0 unspecified atom stereocenters. The zero-order chi connectivity index (χ0) is 10.4. The van der Waals surface area contributed by atoms with Crippen LogP contribution in [0.1, 0.15) is 10.4 Å². The summed E-state index contributed by atoms with van der Waals surface area (Å²) >= 11 is 0. The summed E-state index contributed by atoms with van der Waals surface area (Å²) in [5, 5.41) is 11.4. The fraction of sp³-hybridized carbons (Fsp3) is 0. The molecule has 0 aliphatic heterocycles. The number of amides is 1. The zero-order valence-electron chi connectivity index (χ0n) is 7.18. The fourth-order valence-electron chi connectivity index (χ4n) is 0.800. The molecule has 0 aliphatic rings. The molecule has 1 rings (SSSR count). The number of hydrazone groups is 1. The van der Waals surface area contributed by atoms with E-state index in [0.717, 1.165) is 0 Å². The predicted octanol–water partition coefficient (Wildman–Crippen LogP) is 0.487. The molecule has 0 saturated heterocycles. The average Bonchev–Trinajstić information content (AvgIpc) is 2.18. The van der Waals surface area contributed by atoms with Crippen molar-refractivity contribution in [3.63, 3.8) is 0 Å². The van der Waals surface area contributed by atoms with E-state index in [4.69, 9.17) is 5.11 Å². The highest BCUT2D eigenvalue weighted by molar-refractivity contribution is 6.22. The first kappa shape index (κ1) is 9.91. The summed E-state index contributed by atoms with van der Waals surface area (Å²) < 4.78 is 0. The van der Waals surface area contributed by atoms with Gasteiger partial charge in [0.2, 0.25) is 0 Å². The SMILES string of the molecule is O=C(O)/C=N\NC(=O)c1ccccc1. The molecule has 14 heavy (non-hydrogen) atoms. The molecule has 0 aliphatic carbocycles. The van der Waals surface area contributed by atoms with Crippen molar-refractivity contribution in [2.45, 2.75) is 0 Å². The molecule has 0 radical (unpaired) electrons. The van der Waals surface area contributed by atoms with Gasteiger partial charge in [-0.25, -0.2) is 10.2 Å². The second-order valence-corrected chi connectivity index (χ2v) is 2.40. The van der Waals surface area contributed by atoms with Gasteiger partial charge in [-0.05, 0) is 12.1 Å². The quantitative estimate of drug-likeness (QED) is 0.540. The Morgan fingerprint density at radius 2 is 1.93 bits per heavy atom. The number of hydrogen-bond donors (Lipinski definition) is 2. The Bertz CT molecular complexity index is 360. The number of hydrogen-bond acceptors (Lipinski definition) is 3. The first-order valence-corrected chi connectivity index (χ1v) is 3.81. The Hall–Kier alpha value is -2.17. The summed E-state index contributed by atoms with van der Waals surface area (Å²) in [4.78, 5) is 21.2. The van der Waals surface area contributed by atoms with Gasteiger partial charge in [0.15, 0.2) is 0 Å². The lowest BCUT2D eigenvalue weighted by Crippen LogP contribution is -2.18. The molecule has 0 aromatic heterocycles. The van der Waals surface area contributed by atoms with Gasteiger partial charge in [0, 0.05) is 5.56 Å². The smallest absolute Gasteiger partial charge is 0.348 e. The standard InChI is InChI=1S/C9H8N2O3/c12-8(13)6-10-11-9(14)7-4-2-1-3-5-7/h1-6H,(H,11,14)(H,12,13)/b10-6-. The number of carboxylic acid groups (broad SMARTS) is 1. The Kier molecular flexibility index (Phi) is 3.37. The molecule has 0 heterocycles. The van der Waals surface area contributed by atoms with Crippen molar-refractivity contribution >= 4 is 18.1 Å². The number of nitrogens with zero attached hydrogens (tertiary/aromatic N) is 1. The lowest BCUT2D eigenvalue weighted by molar-refractivity contribution is -0.128. The number of rotatable bonds is 3. The lowest BCUT2D eigenvalue weighted by Gasteiger charge is -1.97. The largest absolute Gasteiger partial charge is 0.477 e. The normalized spacial score (nSPS) is 10.0. The number of carboxylic acids is 1.